The van der Waals surface area contributed by atoms with E-state index in [4.69, 9.17) is 4.74 Å². The Morgan fingerprint density at radius 2 is 1.79 bits per heavy atom. The lowest BCUT2D eigenvalue weighted by Crippen LogP contribution is -2.28. The average Bonchev–Trinajstić information content (AvgIpc) is 2.57. The molecule has 0 radical (unpaired) electrons. The van der Waals surface area contributed by atoms with E-state index in [0.29, 0.717) is 23.4 Å². The first-order valence-electron chi connectivity index (χ1n) is 7.61. The van der Waals surface area contributed by atoms with Crippen LogP contribution in [0.2, 0.25) is 0 Å². The Morgan fingerprint density at radius 1 is 1.08 bits per heavy atom. The van der Waals surface area contributed by atoms with Crippen LogP contribution in [-0.2, 0) is 16.1 Å². The number of hydrogen-bond acceptors (Lipinski definition) is 4. The van der Waals surface area contributed by atoms with Gasteiger partial charge in [-0.25, -0.2) is 9.18 Å². The number of halogens is 1. The van der Waals surface area contributed by atoms with Gasteiger partial charge >= 0.3 is 5.97 Å². The zero-order chi connectivity index (χ0) is 17.4. The highest BCUT2D eigenvalue weighted by Gasteiger charge is 2.07. The van der Waals surface area contributed by atoms with Crippen molar-refractivity contribution in [2.75, 3.05) is 18.5 Å². The fourth-order valence-electron chi connectivity index (χ4n) is 2.06. The molecule has 0 heterocycles. The Labute approximate surface area is 139 Å². The van der Waals surface area contributed by atoms with Crippen LogP contribution in [0.3, 0.4) is 0 Å². The van der Waals surface area contributed by atoms with E-state index in [0.717, 1.165) is 0 Å². The second-order valence-corrected chi connectivity index (χ2v) is 5.04. The van der Waals surface area contributed by atoms with Crippen molar-refractivity contribution in [3.05, 3.63) is 65.5 Å². The van der Waals surface area contributed by atoms with Crippen LogP contribution in [0, 0.1) is 5.82 Å². The Bertz CT molecular complexity index is 702. The number of benzene rings is 2. The summed E-state index contributed by atoms with van der Waals surface area (Å²) in [5, 5.41) is 5.58. The van der Waals surface area contributed by atoms with Crippen molar-refractivity contribution in [1.29, 1.82) is 0 Å². The predicted octanol–water partition coefficient (Wildman–Crippen LogP) is 2.73. The Morgan fingerprint density at radius 3 is 2.46 bits per heavy atom. The molecule has 0 saturated heterocycles. The van der Waals surface area contributed by atoms with Gasteiger partial charge in [0.15, 0.2) is 0 Å². The summed E-state index contributed by atoms with van der Waals surface area (Å²) in [4.78, 5) is 23.4. The summed E-state index contributed by atoms with van der Waals surface area (Å²) < 4.78 is 18.3. The maximum absolute atomic E-state index is 13.4. The molecule has 0 aliphatic heterocycles. The molecule has 0 saturated carbocycles. The molecule has 0 unspecified atom stereocenters. The number of esters is 1. The van der Waals surface area contributed by atoms with E-state index in [1.165, 1.54) is 6.07 Å². The molecular formula is C18H19FN2O3. The maximum Gasteiger partial charge on any atom is 0.338 e. The normalized spacial score (nSPS) is 10.2. The van der Waals surface area contributed by atoms with Gasteiger partial charge in [0.2, 0.25) is 5.91 Å². The molecule has 0 aliphatic rings. The molecule has 2 aromatic carbocycles. The summed E-state index contributed by atoms with van der Waals surface area (Å²) in [5.74, 6) is -0.961. The molecule has 2 rings (SSSR count). The lowest BCUT2D eigenvalue weighted by molar-refractivity contribution is -0.115. The number of carbonyl (C=O) groups is 2. The van der Waals surface area contributed by atoms with Gasteiger partial charge in [-0.05, 0) is 37.3 Å². The first-order chi connectivity index (χ1) is 11.6. The van der Waals surface area contributed by atoms with Crippen LogP contribution in [0.25, 0.3) is 0 Å². The van der Waals surface area contributed by atoms with E-state index in [-0.39, 0.29) is 24.8 Å². The highest BCUT2D eigenvalue weighted by Crippen LogP contribution is 2.10. The molecule has 24 heavy (non-hydrogen) atoms. The third kappa shape index (κ3) is 5.17. The van der Waals surface area contributed by atoms with Gasteiger partial charge in [0.25, 0.3) is 0 Å². The first-order valence-corrected chi connectivity index (χ1v) is 7.61. The first kappa shape index (κ1) is 17.6. The molecule has 0 aromatic heterocycles. The zero-order valence-corrected chi connectivity index (χ0v) is 13.3. The molecule has 2 N–H and O–H groups in total. The smallest absolute Gasteiger partial charge is 0.338 e. The molecule has 126 valence electrons. The molecule has 0 aliphatic carbocycles. The third-order valence-corrected chi connectivity index (χ3v) is 3.24. The van der Waals surface area contributed by atoms with Crippen LogP contribution in [0.15, 0.2) is 48.5 Å². The minimum Gasteiger partial charge on any atom is -0.462 e. The predicted molar refractivity (Wildman–Crippen MR) is 89.1 cm³/mol. The molecule has 0 fully saturated rings. The maximum atomic E-state index is 13.4. The zero-order valence-electron chi connectivity index (χ0n) is 13.3. The Kier molecular flexibility index (Phi) is 6.45. The quantitative estimate of drug-likeness (QED) is 0.766. The molecule has 1 amide bonds. The van der Waals surface area contributed by atoms with Crippen molar-refractivity contribution in [2.24, 2.45) is 0 Å². The van der Waals surface area contributed by atoms with Crippen LogP contribution in [0.1, 0.15) is 22.8 Å². The highest BCUT2D eigenvalue weighted by molar-refractivity contribution is 5.93. The fraction of sp³-hybridized carbons (Fsp3) is 0.222. The van der Waals surface area contributed by atoms with Gasteiger partial charge in [-0.2, -0.15) is 0 Å². The van der Waals surface area contributed by atoms with Crippen molar-refractivity contribution in [1.82, 2.24) is 5.32 Å². The Balaban J connectivity index is 1.80. The number of hydrogen-bond donors (Lipinski definition) is 2. The molecular weight excluding hydrogens is 311 g/mol. The van der Waals surface area contributed by atoms with E-state index in [2.05, 4.69) is 10.6 Å². The summed E-state index contributed by atoms with van der Waals surface area (Å²) in [6, 6.07) is 12.8. The van der Waals surface area contributed by atoms with Crippen LogP contribution in [0.4, 0.5) is 10.1 Å². The van der Waals surface area contributed by atoms with Crippen molar-refractivity contribution in [3.8, 4) is 0 Å². The number of amides is 1. The van der Waals surface area contributed by atoms with E-state index in [1.54, 1.807) is 49.4 Å². The lowest BCUT2D eigenvalue weighted by atomic mass is 10.2. The van der Waals surface area contributed by atoms with Gasteiger partial charge in [0.05, 0.1) is 18.7 Å². The molecule has 5 nitrogen and oxygen atoms in total. The monoisotopic (exact) mass is 330 g/mol. The van der Waals surface area contributed by atoms with Crippen LogP contribution >= 0.6 is 0 Å². The highest BCUT2D eigenvalue weighted by atomic mass is 19.1. The van der Waals surface area contributed by atoms with E-state index < -0.39 is 5.97 Å². The van der Waals surface area contributed by atoms with Crippen LogP contribution < -0.4 is 10.6 Å². The molecule has 6 heteroatoms. The van der Waals surface area contributed by atoms with Crippen molar-refractivity contribution < 1.29 is 18.7 Å². The van der Waals surface area contributed by atoms with Gasteiger partial charge in [0, 0.05) is 17.8 Å². The van der Waals surface area contributed by atoms with Gasteiger partial charge < -0.3 is 15.4 Å². The van der Waals surface area contributed by atoms with Gasteiger partial charge in [-0.15, -0.1) is 0 Å². The number of carbonyl (C=O) groups excluding carboxylic acids is 2. The standard InChI is InChI=1S/C18H19FN2O3/c1-2-24-18(23)13-7-9-15(10-8-13)21-17(22)12-20-11-14-5-3-4-6-16(14)19/h3-10,20H,2,11-12H2,1H3,(H,21,22). The lowest BCUT2D eigenvalue weighted by Gasteiger charge is -2.08. The summed E-state index contributed by atoms with van der Waals surface area (Å²) in [6.07, 6.45) is 0. The van der Waals surface area contributed by atoms with Crippen molar-refractivity contribution in [2.45, 2.75) is 13.5 Å². The second-order valence-electron chi connectivity index (χ2n) is 5.04. The van der Waals surface area contributed by atoms with Gasteiger partial charge in [-0.3, -0.25) is 4.79 Å². The van der Waals surface area contributed by atoms with E-state index in [1.807, 2.05) is 0 Å². The summed E-state index contributed by atoms with van der Waals surface area (Å²) >= 11 is 0. The number of ether oxygens (including phenoxy) is 1. The molecule has 2 aromatic rings. The van der Waals surface area contributed by atoms with Gasteiger partial charge in [0.1, 0.15) is 5.82 Å². The number of rotatable bonds is 7. The van der Waals surface area contributed by atoms with Crippen molar-refractivity contribution in [3.63, 3.8) is 0 Å². The van der Waals surface area contributed by atoms with Crippen molar-refractivity contribution >= 4 is 17.6 Å². The fourth-order valence-corrected chi connectivity index (χ4v) is 2.06. The second kappa shape index (κ2) is 8.79. The number of nitrogens with one attached hydrogen (secondary N) is 2. The summed E-state index contributed by atoms with van der Waals surface area (Å²) in [7, 11) is 0. The molecule has 0 spiro atoms. The topological polar surface area (TPSA) is 67.4 Å². The van der Waals surface area contributed by atoms with E-state index >= 15 is 0 Å². The summed E-state index contributed by atoms with van der Waals surface area (Å²) in [5.41, 5.74) is 1.50. The number of anilines is 1. The van der Waals surface area contributed by atoms with Crippen LogP contribution in [-0.4, -0.2) is 25.0 Å². The largest absolute Gasteiger partial charge is 0.462 e. The Hall–Kier alpha value is -2.73. The SMILES string of the molecule is CCOC(=O)c1ccc(NC(=O)CNCc2ccccc2F)cc1. The summed E-state index contributed by atoms with van der Waals surface area (Å²) in [6.45, 7) is 2.36. The average molecular weight is 330 g/mol. The van der Waals surface area contributed by atoms with Crippen LogP contribution in [0.5, 0.6) is 0 Å². The minimum atomic E-state index is -0.401. The third-order valence-electron chi connectivity index (χ3n) is 3.24. The minimum absolute atomic E-state index is 0.0496. The molecule has 0 atom stereocenters. The van der Waals surface area contributed by atoms with E-state index in [9.17, 15) is 14.0 Å². The molecule has 0 bridgehead atoms. The van der Waals surface area contributed by atoms with Gasteiger partial charge in [-0.1, -0.05) is 18.2 Å².